The summed E-state index contributed by atoms with van der Waals surface area (Å²) < 4.78 is 26.6. The van der Waals surface area contributed by atoms with Crippen molar-refractivity contribution in [2.75, 3.05) is 15.9 Å². The summed E-state index contributed by atoms with van der Waals surface area (Å²) in [7, 11) is -3.70. The van der Waals surface area contributed by atoms with Crippen LogP contribution in [0.2, 0.25) is 0 Å². The zero-order chi connectivity index (χ0) is 27.8. The Bertz CT molecular complexity index is 1600. The Balaban J connectivity index is 1.52. The second-order valence-electron chi connectivity index (χ2n) is 8.81. The van der Waals surface area contributed by atoms with E-state index in [0.29, 0.717) is 22.5 Å². The zero-order valence-electron chi connectivity index (χ0n) is 21.5. The average Bonchev–Trinajstić information content (AvgIpc) is 2.95. The second-order valence-corrected chi connectivity index (χ2v) is 10.7. The van der Waals surface area contributed by atoms with Gasteiger partial charge in [0.2, 0.25) is 10.0 Å². The molecule has 0 aromatic heterocycles. The first-order valence-electron chi connectivity index (χ1n) is 12.1. The number of anilines is 2. The van der Waals surface area contributed by atoms with Crippen LogP contribution < -0.4 is 15.0 Å². The number of hydrazone groups is 1. The van der Waals surface area contributed by atoms with E-state index in [-0.39, 0.29) is 23.7 Å². The molecule has 0 fully saturated rings. The predicted octanol–water partition coefficient (Wildman–Crippen LogP) is 5.06. The Morgan fingerprint density at radius 3 is 2.08 bits per heavy atom. The number of carbonyl (C=O) groups excluding carboxylic acids is 2. The average molecular weight is 541 g/mol. The molecule has 4 rings (SSSR count). The molecule has 0 saturated heterocycles. The molecule has 0 aliphatic carbocycles. The third kappa shape index (κ3) is 7.18. The first kappa shape index (κ1) is 27.3. The van der Waals surface area contributed by atoms with Gasteiger partial charge >= 0.3 is 0 Å². The fourth-order valence-electron chi connectivity index (χ4n) is 3.89. The molecule has 0 unspecified atom stereocenters. The standard InChI is InChI=1S/C30H28N4O4S/c1-22(25-16-11-17-26(20-25)31-29(35)24-14-7-4-8-15-24)32-33-30(36)27-18-9-10-19-28(27)34(39(2,37)38)21-23-12-5-3-6-13-23/h3-20H,21H2,1-2H3,(H,31,35)(H,33,36)/b32-22-. The predicted molar refractivity (Wildman–Crippen MR) is 154 cm³/mol. The van der Waals surface area contributed by atoms with Crippen molar-refractivity contribution in [3.8, 4) is 0 Å². The highest BCUT2D eigenvalue weighted by Gasteiger charge is 2.23. The number of carbonyl (C=O) groups is 2. The maximum atomic E-state index is 13.2. The number of hydrogen-bond donors (Lipinski definition) is 2. The quantitative estimate of drug-likeness (QED) is 0.229. The minimum atomic E-state index is -3.70. The van der Waals surface area contributed by atoms with Crippen molar-refractivity contribution in [1.82, 2.24) is 5.43 Å². The van der Waals surface area contributed by atoms with Gasteiger partial charge in [0.1, 0.15) is 0 Å². The lowest BCUT2D eigenvalue weighted by Gasteiger charge is -2.24. The minimum absolute atomic E-state index is 0.0771. The van der Waals surface area contributed by atoms with Gasteiger partial charge in [0.25, 0.3) is 11.8 Å². The number of hydrogen-bond acceptors (Lipinski definition) is 5. The van der Waals surface area contributed by atoms with Crippen molar-refractivity contribution in [3.05, 3.63) is 131 Å². The first-order valence-corrected chi connectivity index (χ1v) is 14.0. The first-order chi connectivity index (χ1) is 18.7. The fraction of sp³-hybridized carbons (Fsp3) is 0.100. The summed E-state index contributed by atoms with van der Waals surface area (Å²) in [6, 6.07) is 31.6. The SMILES string of the molecule is C/C(=N/NC(=O)c1ccccc1N(Cc1ccccc1)S(C)(=O)=O)c1cccc(NC(=O)c2ccccc2)c1. The van der Waals surface area contributed by atoms with E-state index in [4.69, 9.17) is 0 Å². The van der Waals surface area contributed by atoms with Crippen molar-refractivity contribution in [1.29, 1.82) is 0 Å². The van der Waals surface area contributed by atoms with Crippen LogP contribution in [0.3, 0.4) is 0 Å². The number of rotatable bonds is 9. The van der Waals surface area contributed by atoms with Gasteiger partial charge in [-0.15, -0.1) is 0 Å². The summed E-state index contributed by atoms with van der Waals surface area (Å²) in [5.41, 5.74) is 6.04. The van der Waals surface area contributed by atoms with Crippen molar-refractivity contribution < 1.29 is 18.0 Å². The van der Waals surface area contributed by atoms with Gasteiger partial charge in [-0.3, -0.25) is 13.9 Å². The van der Waals surface area contributed by atoms with Crippen LogP contribution >= 0.6 is 0 Å². The summed E-state index contributed by atoms with van der Waals surface area (Å²) >= 11 is 0. The molecular formula is C30H28N4O4S. The number of sulfonamides is 1. The van der Waals surface area contributed by atoms with Crippen LogP contribution in [-0.4, -0.2) is 32.2 Å². The molecule has 2 amide bonds. The van der Waals surface area contributed by atoms with Gasteiger partial charge in [-0.1, -0.05) is 72.8 Å². The molecule has 0 saturated carbocycles. The molecule has 0 spiro atoms. The Morgan fingerprint density at radius 2 is 1.38 bits per heavy atom. The van der Waals surface area contributed by atoms with Crippen molar-refractivity contribution in [3.63, 3.8) is 0 Å². The van der Waals surface area contributed by atoms with E-state index < -0.39 is 15.9 Å². The lowest BCUT2D eigenvalue weighted by atomic mass is 10.1. The van der Waals surface area contributed by atoms with E-state index in [0.717, 1.165) is 11.8 Å². The molecule has 0 heterocycles. The van der Waals surface area contributed by atoms with E-state index in [2.05, 4.69) is 15.8 Å². The van der Waals surface area contributed by atoms with Gasteiger partial charge < -0.3 is 5.32 Å². The molecule has 0 bridgehead atoms. The van der Waals surface area contributed by atoms with Gasteiger partial charge in [-0.05, 0) is 54.4 Å². The summed E-state index contributed by atoms with van der Waals surface area (Å²) in [5, 5.41) is 7.09. The van der Waals surface area contributed by atoms with Gasteiger partial charge in [-0.25, -0.2) is 13.8 Å². The fourth-order valence-corrected chi connectivity index (χ4v) is 4.79. The molecule has 0 radical (unpaired) electrons. The summed E-state index contributed by atoms with van der Waals surface area (Å²) in [6.45, 7) is 1.80. The molecule has 0 aliphatic heterocycles. The summed E-state index contributed by atoms with van der Waals surface area (Å²) in [6.07, 6.45) is 1.11. The molecule has 2 N–H and O–H groups in total. The van der Waals surface area contributed by atoms with Crippen LogP contribution in [0.15, 0.2) is 114 Å². The lowest BCUT2D eigenvalue weighted by Crippen LogP contribution is -2.32. The molecule has 0 atom stereocenters. The van der Waals surface area contributed by atoms with E-state index in [1.165, 1.54) is 4.31 Å². The highest BCUT2D eigenvalue weighted by molar-refractivity contribution is 7.92. The van der Waals surface area contributed by atoms with Crippen molar-refractivity contribution >= 4 is 38.9 Å². The Hall–Kier alpha value is -4.76. The topological polar surface area (TPSA) is 108 Å². The highest BCUT2D eigenvalue weighted by Crippen LogP contribution is 2.25. The molecule has 0 aliphatic rings. The number of nitrogens with zero attached hydrogens (tertiary/aromatic N) is 2. The number of amides is 2. The number of para-hydroxylation sites is 1. The number of nitrogens with one attached hydrogen (secondary N) is 2. The van der Waals surface area contributed by atoms with Crippen molar-refractivity contribution in [2.45, 2.75) is 13.5 Å². The largest absolute Gasteiger partial charge is 0.322 e. The monoisotopic (exact) mass is 540 g/mol. The minimum Gasteiger partial charge on any atom is -0.322 e. The van der Waals surface area contributed by atoms with Crippen LogP contribution in [0.25, 0.3) is 0 Å². The summed E-state index contributed by atoms with van der Waals surface area (Å²) in [5.74, 6) is -0.793. The van der Waals surface area contributed by atoms with Crippen LogP contribution in [-0.2, 0) is 16.6 Å². The molecule has 198 valence electrons. The van der Waals surface area contributed by atoms with E-state index >= 15 is 0 Å². The molecular weight excluding hydrogens is 512 g/mol. The van der Waals surface area contributed by atoms with Crippen LogP contribution in [0.5, 0.6) is 0 Å². The lowest BCUT2D eigenvalue weighted by molar-refractivity contribution is 0.0954. The highest BCUT2D eigenvalue weighted by atomic mass is 32.2. The zero-order valence-corrected chi connectivity index (χ0v) is 22.4. The van der Waals surface area contributed by atoms with Crippen LogP contribution in [0.1, 0.15) is 38.8 Å². The smallest absolute Gasteiger partial charge is 0.273 e. The van der Waals surface area contributed by atoms with Gasteiger partial charge in [-0.2, -0.15) is 5.10 Å². The van der Waals surface area contributed by atoms with Gasteiger partial charge in [0.15, 0.2) is 0 Å². The van der Waals surface area contributed by atoms with Crippen LogP contribution in [0, 0.1) is 0 Å². The molecule has 4 aromatic rings. The van der Waals surface area contributed by atoms with Crippen molar-refractivity contribution in [2.24, 2.45) is 5.10 Å². The maximum Gasteiger partial charge on any atom is 0.273 e. The Kier molecular flexibility index (Phi) is 8.53. The summed E-state index contributed by atoms with van der Waals surface area (Å²) in [4.78, 5) is 25.7. The van der Waals surface area contributed by atoms with E-state index in [9.17, 15) is 18.0 Å². The molecule has 39 heavy (non-hydrogen) atoms. The molecule has 4 aromatic carbocycles. The maximum absolute atomic E-state index is 13.2. The number of benzene rings is 4. The van der Waals surface area contributed by atoms with Crippen LogP contribution in [0.4, 0.5) is 11.4 Å². The normalized spacial score (nSPS) is 11.5. The molecule has 8 nitrogen and oxygen atoms in total. The third-order valence-corrected chi connectivity index (χ3v) is 7.01. The van der Waals surface area contributed by atoms with E-state index in [1.807, 2.05) is 42.5 Å². The second kappa shape index (κ2) is 12.2. The van der Waals surface area contributed by atoms with Gasteiger partial charge in [0.05, 0.1) is 29.8 Å². The molecule has 9 heteroatoms. The Morgan fingerprint density at radius 1 is 0.769 bits per heavy atom. The van der Waals surface area contributed by atoms with E-state index in [1.54, 1.807) is 73.7 Å². The third-order valence-electron chi connectivity index (χ3n) is 5.89. The van der Waals surface area contributed by atoms with Gasteiger partial charge in [0, 0.05) is 11.3 Å². The Labute approximate surface area is 228 Å².